The van der Waals surface area contributed by atoms with E-state index in [-0.39, 0.29) is 12.5 Å². The van der Waals surface area contributed by atoms with Crippen LogP contribution in [0.3, 0.4) is 0 Å². The fourth-order valence-corrected chi connectivity index (χ4v) is 2.56. The Bertz CT molecular complexity index is 758. The number of hydrogen-bond acceptors (Lipinski definition) is 4. The zero-order valence-electron chi connectivity index (χ0n) is 12.4. The lowest BCUT2D eigenvalue weighted by Crippen LogP contribution is -2.38. The van der Waals surface area contributed by atoms with E-state index in [1.54, 1.807) is 47.4 Å². The zero-order valence-corrected chi connectivity index (χ0v) is 13.2. The van der Waals surface area contributed by atoms with Gasteiger partial charge in [-0.3, -0.25) is 4.79 Å². The molecular weight excluding hydrogens is 318 g/mol. The Hall–Kier alpha value is -2.53. The largest absolute Gasteiger partial charge is 0.482 e. The van der Waals surface area contributed by atoms with E-state index in [9.17, 15) is 9.59 Å². The van der Waals surface area contributed by atoms with E-state index >= 15 is 0 Å². The van der Waals surface area contributed by atoms with Gasteiger partial charge in [0.05, 0.1) is 24.9 Å². The molecule has 5 nitrogen and oxygen atoms in total. The summed E-state index contributed by atoms with van der Waals surface area (Å²) in [6, 6.07) is 12.1. The van der Waals surface area contributed by atoms with Crippen molar-refractivity contribution < 1.29 is 19.1 Å². The third kappa shape index (κ3) is 3.14. The highest BCUT2D eigenvalue weighted by Gasteiger charge is 2.25. The Labute approximate surface area is 138 Å². The standard InChI is InChI=1S/C17H14ClNO4/c1-22-17(21)12-4-2-11(3-5-12)9-19-14-8-13(18)6-7-15(14)23-10-16(19)20/h2-8H,9-10H2,1H3. The number of nitrogens with zero attached hydrogens (tertiary/aromatic N) is 1. The third-order valence-corrected chi connectivity index (χ3v) is 3.81. The molecule has 0 aromatic heterocycles. The number of carbonyl (C=O) groups is 2. The molecule has 0 radical (unpaired) electrons. The maximum absolute atomic E-state index is 12.2. The number of rotatable bonds is 3. The van der Waals surface area contributed by atoms with E-state index in [1.165, 1.54) is 7.11 Å². The van der Waals surface area contributed by atoms with Crippen molar-refractivity contribution in [1.82, 2.24) is 0 Å². The molecule has 23 heavy (non-hydrogen) atoms. The maximum atomic E-state index is 12.2. The van der Waals surface area contributed by atoms with Gasteiger partial charge < -0.3 is 14.4 Å². The van der Waals surface area contributed by atoms with Crippen LogP contribution in [0.15, 0.2) is 42.5 Å². The molecule has 6 heteroatoms. The highest BCUT2D eigenvalue weighted by atomic mass is 35.5. The number of amides is 1. The molecule has 0 saturated heterocycles. The minimum atomic E-state index is -0.392. The van der Waals surface area contributed by atoms with Crippen LogP contribution in [0.25, 0.3) is 0 Å². The second-order valence-electron chi connectivity index (χ2n) is 5.07. The minimum absolute atomic E-state index is 0.00508. The SMILES string of the molecule is COC(=O)c1ccc(CN2C(=O)COc3ccc(Cl)cc32)cc1. The van der Waals surface area contributed by atoms with Crippen LogP contribution in [0.4, 0.5) is 5.69 Å². The number of ether oxygens (including phenoxy) is 2. The molecule has 0 spiro atoms. The van der Waals surface area contributed by atoms with Gasteiger partial charge in [0, 0.05) is 5.02 Å². The quantitative estimate of drug-likeness (QED) is 0.811. The molecule has 1 amide bonds. The van der Waals surface area contributed by atoms with E-state index in [4.69, 9.17) is 16.3 Å². The Morgan fingerprint density at radius 3 is 2.70 bits per heavy atom. The highest BCUT2D eigenvalue weighted by Crippen LogP contribution is 2.35. The Morgan fingerprint density at radius 1 is 1.26 bits per heavy atom. The number of anilines is 1. The molecule has 118 valence electrons. The van der Waals surface area contributed by atoms with Crippen molar-refractivity contribution in [1.29, 1.82) is 0 Å². The second-order valence-corrected chi connectivity index (χ2v) is 5.51. The van der Waals surface area contributed by atoms with Crippen LogP contribution in [0, 0.1) is 0 Å². The molecule has 0 unspecified atom stereocenters. The fourth-order valence-electron chi connectivity index (χ4n) is 2.40. The predicted molar refractivity (Wildman–Crippen MR) is 85.9 cm³/mol. The number of fused-ring (bicyclic) bond motifs is 1. The van der Waals surface area contributed by atoms with Crippen LogP contribution in [0.2, 0.25) is 5.02 Å². The Balaban J connectivity index is 1.86. The average Bonchev–Trinajstić information content (AvgIpc) is 2.57. The molecule has 0 fully saturated rings. The van der Waals surface area contributed by atoms with Crippen LogP contribution in [-0.4, -0.2) is 25.6 Å². The van der Waals surface area contributed by atoms with Gasteiger partial charge in [-0.15, -0.1) is 0 Å². The second kappa shape index (κ2) is 6.30. The van der Waals surface area contributed by atoms with E-state index in [0.29, 0.717) is 28.6 Å². The van der Waals surface area contributed by atoms with Crippen molar-refractivity contribution in [3.05, 3.63) is 58.6 Å². The molecule has 0 aliphatic carbocycles. The summed E-state index contributed by atoms with van der Waals surface area (Å²) >= 11 is 6.02. The lowest BCUT2D eigenvalue weighted by molar-refractivity contribution is -0.121. The molecule has 0 bridgehead atoms. The summed E-state index contributed by atoms with van der Waals surface area (Å²) in [5.74, 6) is 0.0909. The Morgan fingerprint density at radius 2 is 2.00 bits per heavy atom. The number of halogens is 1. The summed E-state index contributed by atoms with van der Waals surface area (Å²) < 4.78 is 10.1. The number of esters is 1. The van der Waals surface area contributed by atoms with Crippen LogP contribution in [-0.2, 0) is 16.1 Å². The average molecular weight is 332 g/mol. The van der Waals surface area contributed by atoms with Crippen molar-refractivity contribution in [2.45, 2.75) is 6.54 Å². The molecule has 2 aromatic carbocycles. The van der Waals surface area contributed by atoms with Gasteiger partial charge in [-0.05, 0) is 35.9 Å². The number of carbonyl (C=O) groups excluding carboxylic acids is 2. The van der Waals surface area contributed by atoms with Gasteiger partial charge >= 0.3 is 5.97 Å². The van der Waals surface area contributed by atoms with Crippen molar-refractivity contribution >= 4 is 29.2 Å². The van der Waals surface area contributed by atoms with E-state index < -0.39 is 5.97 Å². The first-order valence-electron chi connectivity index (χ1n) is 6.98. The first-order valence-corrected chi connectivity index (χ1v) is 7.36. The highest BCUT2D eigenvalue weighted by molar-refractivity contribution is 6.31. The monoisotopic (exact) mass is 331 g/mol. The lowest BCUT2D eigenvalue weighted by Gasteiger charge is -2.29. The maximum Gasteiger partial charge on any atom is 0.337 e. The molecule has 1 heterocycles. The molecule has 0 atom stereocenters. The summed E-state index contributed by atoms with van der Waals surface area (Å²) in [5.41, 5.74) is 2.00. The Kier molecular flexibility index (Phi) is 4.21. The summed E-state index contributed by atoms with van der Waals surface area (Å²) in [6.45, 7) is 0.367. The van der Waals surface area contributed by atoms with E-state index in [2.05, 4.69) is 4.74 Å². The smallest absolute Gasteiger partial charge is 0.337 e. The zero-order chi connectivity index (χ0) is 16.4. The molecule has 1 aliphatic rings. The molecule has 2 aromatic rings. The number of methoxy groups -OCH3 is 1. The van der Waals surface area contributed by atoms with Gasteiger partial charge in [0.25, 0.3) is 5.91 Å². The summed E-state index contributed by atoms with van der Waals surface area (Å²) in [4.78, 5) is 25.3. The van der Waals surface area contributed by atoms with Gasteiger partial charge in [0.2, 0.25) is 0 Å². The molecule has 0 N–H and O–H groups in total. The summed E-state index contributed by atoms with van der Waals surface area (Å²) in [7, 11) is 1.34. The van der Waals surface area contributed by atoms with Gasteiger partial charge in [0.15, 0.2) is 6.61 Å². The summed E-state index contributed by atoms with van der Waals surface area (Å²) in [5, 5.41) is 0.535. The third-order valence-electron chi connectivity index (χ3n) is 3.58. The molecule has 1 aliphatic heterocycles. The van der Waals surface area contributed by atoms with Gasteiger partial charge in [-0.1, -0.05) is 23.7 Å². The van der Waals surface area contributed by atoms with Crippen LogP contribution >= 0.6 is 11.6 Å². The lowest BCUT2D eigenvalue weighted by atomic mass is 10.1. The van der Waals surface area contributed by atoms with Crippen molar-refractivity contribution in [3.63, 3.8) is 0 Å². The fraction of sp³-hybridized carbons (Fsp3) is 0.176. The minimum Gasteiger partial charge on any atom is -0.482 e. The molecule has 0 saturated carbocycles. The topological polar surface area (TPSA) is 55.8 Å². The van der Waals surface area contributed by atoms with Crippen LogP contribution < -0.4 is 9.64 Å². The van der Waals surface area contributed by atoms with Gasteiger partial charge in [-0.25, -0.2) is 4.79 Å². The predicted octanol–water partition coefficient (Wildman–Crippen LogP) is 3.05. The number of hydrogen-bond donors (Lipinski definition) is 0. The van der Waals surface area contributed by atoms with Crippen molar-refractivity contribution in [2.24, 2.45) is 0 Å². The molecule has 3 rings (SSSR count). The van der Waals surface area contributed by atoms with E-state index in [0.717, 1.165) is 5.56 Å². The van der Waals surface area contributed by atoms with Crippen molar-refractivity contribution in [2.75, 3.05) is 18.6 Å². The van der Waals surface area contributed by atoms with Crippen LogP contribution in [0.1, 0.15) is 15.9 Å². The number of benzene rings is 2. The normalized spacial score (nSPS) is 13.3. The van der Waals surface area contributed by atoms with Gasteiger partial charge in [0.1, 0.15) is 5.75 Å². The first kappa shape index (κ1) is 15.4. The molecular formula is C17H14ClNO4. The first-order chi connectivity index (χ1) is 11.1. The van der Waals surface area contributed by atoms with Crippen LogP contribution in [0.5, 0.6) is 5.75 Å². The van der Waals surface area contributed by atoms with Gasteiger partial charge in [-0.2, -0.15) is 0 Å². The van der Waals surface area contributed by atoms with Crippen molar-refractivity contribution in [3.8, 4) is 5.75 Å². The van der Waals surface area contributed by atoms with E-state index in [1.807, 2.05) is 0 Å². The summed E-state index contributed by atoms with van der Waals surface area (Å²) in [6.07, 6.45) is 0.